The fourth-order valence-electron chi connectivity index (χ4n) is 3.52. The lowest BCUT2D eigenvalue weighted by Gasteiger charge is -2.42. The Hall–Kier alpha value is -2.62. The summed E-state index contributed by atoms with van der Waals surface area (Å²) in [7, 11) is 0. The Morgan fingerprint density at radius 3 is 2.81 bits per heavy atom. The molecule has 1 saturated heterocycles. The molecule has 1 aromatic heterocycles. The van der Waals surface area contributed by atoms with Crippen LogP contribution < -0.4 is 9.64 Å². The Bertz CT molecular complexity index is 772. The standard InChI is InChI=1S/C21H26N4O2/c1-2-27-20-6-4-3-5-18(20)15-24-10-11-25(16-19(24)9-12-26)21-8-7-17(13-22)14-23-21/h3-8,14,19,26H,2,9-12,15-16H2,1H3/t19-/m1/s1. The molecule has 2 heterocycles. The van der Waals surface area contributed by atoms with E-state index in [1.165, 1.54) is 5.56 Å². The van der Waals surface area contributed by atoms with Gasteiger partial charge in [-0.1, -0.05) is 18.2 Å². The fourth-order valence-corrected chi connectivity index (χ4v) is 3.52. The number of ether oxygens (including phenoxy) is 1. The Balaban J connectivity index is 1.72. The molecule has 0 spiro atoms. The molecule has 1 N–H and O–H groups in total. The van der Waals surface area contributed by atoms with Gasteiger partial charge in [0.1, 0.15) is 17.6 Å². The molecule has 0 aliphatic carbocycles. The van der Waals surface area contributed by atoms with Gasteiger partial charge in [0.2, 0.25) is 0 Å². The molecule has 6 nitrogen and oxygen atoms in total. The summed E-state index contributed by atoms with van der Waals surface area (Å²) in [5.74, 6) is 1.81. The van der Waals surface area contributed by atoms with Crippen molar-refractivity contribution in [1.29, 1.82) is 5.26 Å². The van der Waals surface area contributed by atoms with Crippen LogP contribution in [0.4, 0.5) is 5.82 Å². The molecule has 0 amide bonds. The van der Waals surface area contributed by atoms with Crippen molar-refractivity contribution in [2.24, 2.45) is 0 Å². The maximum absolute atomic E-state index is 9.54. The number of aromatic nitrogens is 1. The molecule has 0 saturated carbocycles. The van der Waals surface area contributed by atoms with Crippen molar-refractivity contribution in [2.45, 2.75) is 25.9 Å². The maximum Gasteiger partial charge on any atom is 0.128 e. The van der Waals surface area contributed by atoms with Crippen LogP contribution in [0.1, 0.15) is 24.5 Å². The van der Waals surface area contributed by atoms with Crippen LogP contribution in [0.2, 0.25) is 0 Å². The van der Waals surface area contributed by atoms with Crippen molar-refractivity contribution in [3.8, 4) is 11.8 Å². The SMILES string of the molecule is CCOc1ccccc1CN1CCN(c2ccc(C#N)cn2)C[C@H]1CCO. The highest BCUT2D eigenvalue weighted by atomic mass is 16.5. The minimum absolute atomic E-state index is 0.156. The third-order valence-corrected chi connectivity index (χ3v) is 4.91. The largest absolute Gasteiger partial charge is 0.494 e. The average molecular weight is 366 g/mol. The van der Waals surface area contributed by atoms with E-state index < -0.39 is 0 Å². The van der Waals surface area contributed by atoms with Crippen molar-refractivity contribution in [3.05, 3.63) is 53.7 Å². The molecule has 1 aliphatic heterocycles. The first-order valence-corrected chi connectivity index (χ1v) is 9.42. The molecule has 1 atom stereocenters. The molecular formula is C21H26N4O2. The fraction of sp³-hybridized carbons (Fsp3) is 0.429. The first-order chi connectivity index (χ1) is 13.2. The molecule has 1 fully saturated rings. The molecular weight excluding hydrogens is 340 g/mol. The highest BCUT2D eigenvalue weighted by Gasteiger charge is 2.28. The number of rotatable bonds is 7. The number of pyridine rings is 1. The molecule has 0 radical (unpaired) electrons. The van der Waals surface area contributed by atoms with Crippen LogP contribution in [0.5, 0.6) is 5.75 Å². The first-order valence-electron chi connectivity index (χ1n) is 9.42. The summed E-state index contributed by atoms with van der Waals surface area (Å²) >= 11 is 0. The number of hydrogen-bond acceptors (Lipinski definition) is 6. The molecule has 2 aromatic rings. The van der Waals surface area contributed by atoms with E-state index in [9.17, 15) is 5.11 Å². The Kier molecular flexibility index (Phi) is 6.64. The average Bonchev–Trinajstić information content (AvgIpc) is 2.71. The van der Waals surface area contributed by atoms with Gasteiger partial charge in [0, 0.05) is 50.6 Å². The number of aliphatic hydroxyl groups excluding tert-OH is 1. The Morgan fingerprint density at radius 1 is 1.26 bits per heavy atom. The summed E-state index contributed by atoms with van der Waals surface area (Å²) in [5.41, 5.74) is 1.74. The number of aliphatic hydroxyl groups is 1. The van der Waals surface area contributed by atoms with Crippen LogP contribution in [0, 0.1) is 11.3 Å². The van der Waals surface area contributed by atoms with Crippen LogP contribution in [0.3, 0.4) is 0 Å². The van der Waals surface area contributed by atoms with E-state index in [0.717, 1.165) is 37.7 Å². The quantitative estimate of drug-likeness (QED) is 0.811. The van der Waals surface area contributed by atoms with Gasteiger partial charge in [-0.05, 0) is 31.5 Å². The van der Waals surface area contributed by atoms with E-state index in [2.05, 4.69) is 26.9 Å². The predicted octanol–water partition coefficient (Wildman–Crippen LogP) is 2.43. The number of hydrogen-bond donors (Lipinski definition) is 1. The third-order valence-electron chi connectivity index (χ3n) is 4.91. The van der Waals surface area contributed by atoms with Crippen LogP contribution in [-0.2, 0) is 6.54 Å². The lowest BCUT2D eigenvalue weighted by molar-refractivity contribution is 0.134. The zero-order chi connectivity index (χ0) is 19.1. The summed E-state index contributed by atoms with van der Waals surface area (Å²) in [6, 6.07) is 14.2. The number of anilines is 1. The minimum Gasteiger partial charge on any atom is -0.494 e. The second kappa shape index (κ2) is 9.36. The van der Waals surface area contributed by atoms with E-state index in [1.807, 2.05) is 31.2 Å². The number of nitriles is 1. The topological polar surface area (TPSA) is 72.6 Å². The van der Waals surface area contributed by atoms with Crippen molar-refractivity contribution >= 4 is 5.82 Å². The lowest BCUT2D eigenvalue weighted by Crippen LogP contribution is -2.53. The summed E-state index contributed by atoms with van der Waals surface area (Å²) in [4.78, 5) is 9.06. The van der Waals surface area contributed by atoms with E-state index in [4.69, 9.17) is 10.00 Å². The van der Waals surface area contributed by atoms with Crippen molar-refractivity contribution in [2.75, 3.05) is 37.7 Å². The maximum atomic E-state index is 9.54. The summed E-state index contributed by atoms with van der Waals surface area (Å²) in [5, 5.41) is 18.5. The van der Waals surface area contributed by atoms with Gasteiger partial charge in [0.25, 0.3) is 0 Å². The number of para-hydroxylation sites is 1. The Morgan fingerprint density at radius 2 is 2.11 bits per heavy atom. The number of benzene rings is 1. The second-order valence-electron chi connectivity index (χ2n) is 6.64. The van der Waals surface area contributed by atoms with E-state index in [0.29, 0.717) is 18.6 Å². The lowest BCUT2D eigenvalue weighted by atomic mass is 10.1. The van der Waals surface area contributed by atoms with Crippen molar-refractivity contribution < 1.29 is 9.84 Å². The van der Waals surface area contributed by atoms with Gasteiger partial charge in [-0.15, -0.1) is 0 Å². The first kappa shape index (κ1) is 19.2. The van der Waals surface area contributed by atoms with E-state index >= 15 is 0 Å². The van der Waals surface area contributed by atoms with Crippen molar-refractivity contribution in [1.82, 2.24) is 9.88 Å². The molecule has 0 unspecified atom stereocenters. The van der Waals surface area contributed by atoms with E-state index in [-0.39, 0.29) is 12.6 Å². The minimum atomic E-state index is 0.156. The molecule has 1 aromatic carbocycles. The molecule has 6 heteroatoms. The molecule has 0 bridgehead atoms. The van der Waals surface area contributed by atoms with Gasteiger partial charge >= 0.3 is 0 Å². The smallest absolute Gasteiger partial charge is 0.128 e. The molecule has 27 heavy (non-hydrogen) atoms. The van der Waals surface area contributed by atoms with Gasteiger partial charge in [0.05, 0.1) is 12.2 Å². The highest BCUT2D eigenvalue weighted by Crippen LogP contribution is 2.25. The van der Waals surface area contributed by atoms with Crippen LogP contribution in [-0.4, -0.2) is 53.9 Å². The van der Waals surface area contributed by atoms with Crippen LogP contribution in [0.15, 0.2) is 42.6 Å². The molecule has 1 aliphatic rings. The molecule has 142 valence electrons. The van der Waals surface area contributed by atoms with Gasteiger partial charge in [-0.2, -0.15) is 5.26 Å². The number of nitrogens with zero attached hydrogens (tertiary/aromatic N) is 4. The normalized spacial score (nSPS) is 17.5. The van der Waals surface area contributed by atoms with Gasteiger partial charge < -0.3 is 14.7 Å². The predicted molar refractivity (Wildman–Crippen MR) is 105 cm³/mol. The van der Waals surface area contributed by atoms with E-state index in [1.54, 1.807) is 12.3 Å². The summed E-state index contributed by atoms with van der Waals surface area (Å²) in [6.07, 6.45) is 2.32. The highest BCUT2D eigenvalue weighted by molar-refractivity contribution is 5.42. The monoisotopic (exact) mass is 366 g/mol. The number of piperazine rings is 1. The zero-order valence-electron chi connectivity index (χ0n) is 15.7. The van der Waals surface area contributed by atoms with Crippen LogP contribution in [0.25, 0.3) is 0 Å². The van der Waals surface area contributed by atoms with Gasteiger partial charge in [0.15, 0.2) is 0 Å². The second-order valence-corrected chi connectivity index (χ2v) is 6.64. The Labute approximate surface area is 160 Å². The van der Waals surface area contributed by atoms with Crippen LogP contribution >= 0.6 is 0 Å². The summed E-state index contributed by atoms with van der Waals surface area (Å²) < 4.78 is 5.76. The zero-order valence-corrected chi connectivity index (χ0v) is 15.7. The van der Waals surface area contributed by atoms with Gasteiger partial charge in [-0.3, -0.25) is 4.90 Å². The third kappa shape index (κ3) is 4.76. The van der Waals surface area contributed by atoms with Crippen molar-refractivity contribution in [3.63, 3.8) is 0 Å². The molecule has 3 rings (SSSR count). The summed E-state index contributed by atoms with van der Waals surface area (Å²) in [6.45, 7) is 6.14. The van der Waals surface area contributed by atoms with Gasteiger partial charge in [-0.25, -0.2) is 4.98 Å².